The van der Waals surface area contributed by atoms with Crippen molar-refractivity contribution < 1.29 is 9.50 Å². The van der Waals surface area contributed by atoms with Crippen molar-refractivity contribution in [1.29, 1.82) is 0 Å². The van der Waals surface area contributed by atoms with Crippen molar-refractivity contribution in [2.75, 3.05) is 0 Å². The first-order chi connectivity index (χ1) is 15.0. The summed E-state index contributed by atoms with van der Waals surface area (Å²) in [7, 11) is 0. The van der Waals surface area contributed by atoms with Crippen molar-refractivity contribution in [3.63, 3.8) is 0 Å². The van der Waals surface area contributed by atoms with Gasteiger partial charge in [-0.1, -0.05) is 55.0 Å². The Morgan fingerprint density at radius 2 is 1.94 bits per heavy atom. The van der Waals surface area contributed by atoms with Crippen LogP contribution in [0.2, 0.25) is 0 Å². The molecule has 1 fully saturated rings. The van der Waals surface area contributed by atoms with E-state index in [0.717, 1.165) is 42.6 Å². The maximum Gasteiger partial charge on any atom is 0.123 e. The molecule has 3 nitrogen and oxygen atoms in total. The van der Waals surface area contributed by atoms with Crippen LogP contribution in [0.1, 0.15) is 43.0 Å². The Balaban J connectivity index is 1.45. The summed E-state index contributed by atoms with van der Waals surface area (Å²) in [4.78, 5) is 0. The second kappa shape index (κ2) is 7.93. The molecule has 31 heavy (non-hydrogen) atoms. The largest absolute Gasteiger partial charge is 0.389 e. The third kappa shape index (κ3) is 3.66. The molecule has 2 aliphatic carbocycles. The predicted octanol–water partition coefficient (Wildman–Crippen LogP) is 5.83. The highest BCUT2D eigenvalue weighted by Gasteiger charge is 2.45. The van der Waals surface area contributed by atoms with Gasteiger partial charge in [-0.25, -0.2) is 9.07 Å². The van der Waals surface area contributed by atoms with Crippen LogP contribution in [0.3, 0.4) is 0 Å². The van der Waals surface area contributed by atoms with Gasteiger partial charge in [0.05, 0.1) is 23.7 Å². The fourth-order valence-corrected chi connectivity index (χ4v) is 5.32. The van der Waals surface area contributed by atoms with Gasteiger partial charge in [0.2, 0.25) is 0 Å². The van der Waals surface area contributed by atoms with Gasteiger partial charge in [0.25, 0.3) is 0 Å². The van der Waals surface area contributed by atoms with Crippen LogP contribution in [0.4, 0.5) is 4.39 Å². The van der Waals surface area contributed by atoms with Crippen LogP contribution in [-0.2, 0) is 6.42 Å². The lowest BCUT2D eigenvalue weighted by Gasteiger charge is -2.47. The van der Waals surface area contributed by atoms with Gasteiger partial charge in [0, 0.05) is 0 Å². The number of halogens is 1. The summed E-state index contributed by atoms with van der Waals surface area (Å²) in [6.45, 7) is 2.29. The second-order valence-corrected chi connectivity index (χ2v) is 8.97. The third-order valence-electron chi connectivity index (χ3n) is 7.04. The van der Waals surface area contributed by atoms with Gasteiger partial charge in [0.1, 0.15) is 5.82 Å². The van der Waals surface area contributed by atoms with Gasteiger partial charge < -0.3 is 5.11 Å². The maximum absolute atomic E-state index is 13.4. The van der Waals surface area contributed by atoms with E-state index in [1.807, 2.05) is 53.4 Å². The van der Waals surface area contributed by atoms with E-state index in [-0.39, 0.29) is 17.2 Å². The molecule has 4 heteroatoms. The summed E-state index contributed by atoms with van der Waals surface area (Å²) in [6.07, 6.45) is 11.6. The smallest absolute Gasteiger partial charge is 0.123 e. The minimum atomic E-state index is -0.498. The van der Waals surface area contributed by atoms with Crippen molar-refractivity contribution >= 4 is 12.2 Å². The van der Waals surface area contributed by atoms with Crippen molar-refractivity contribution in [3.8, 4) is 5.69 Å². The number of allylic oxidation sites excluding steroid dienone is 1. The second-order valence-electron chi connectivity index (χ2n) is 8.97. The van der Waals surface area contributed by atoms with E-state index >= 15 is 0 Å². The third-order valence-corrected chi connectivity index (χ3v) is 7.04. The van der Waals surface area contributed by atoms with E-state index in [0.29, 0.717) is 0 Å². The lowest BCUT2D eigenvalue weighted by atomic mass is 9.58. The first kappa shape index (κ1) is 20.0. The number of aliphatic hydroxyl groups excluding tert-OH is 1. The van der Waals surface area contributed by atoms with Crippen molar-refractivity contribution in [3.05, 3.63) is 95.1 Å². The Morgan fingerprint density at radius 1 is 1.16 bits per heavy atom. The first-order valence-electron chi connectivity index (χ1n) is 11.0. The highest BCUT2D eigenvalue weighted by Crippen LogP contribution is 2.52. The van der Waals surface area contributed by atoms with Crippen LogP contribution in [0.15, 0.2) is 72.4 Å². The van der Waals surface area contributed by atoms with Crippen LogP contribution < -0.4 is 0 Å². The standard InChI is InChI=1S/C27H27FN2O/c1-27-17-20-18-29-30(23-13-11-22(28)12-14-23)25(20)16-21(27)8-5-9-24(27)26(31)15-10-19-6-3-2-4-7-19/h2-4,6-7,10-16,18,24,26,31H,5,8-9,17H2,1H3/b15-10-/t24?,26-,27-/m0/s1. The Kier molecular flexibility index (Phi) is 5.11. The van der Waals surface area contributed by atoms with Gasteiger partial charge in [-0.15, -0.1) is 0 Å². The molecule has 2 aromatic carbocycles. The highest BCUT2D eigenvalue weighted by atomic mass is 19.1. The molecule has 158 valence electrons. The quantitative estimate of drug-likeness (QED) is 0.583. The Bertz CT molecular complexity index is 1130. The monoisotopic (exact) mass is 414 g/mol. The summed E-state index contributed by atoms with van der Waals surface area (Å²) in [5.41, 5.74) is 5.51. The zero-order valence-corrected chi connectivity index (χ0v) is 17.7. The van der Waals surface area contributed by atoms with Crippen molar-refractivity contribution in [2.45, 2.75) is 38.7 Å². The fourth-order valence-electron chi connectivity index (χ4n) is 5.32. The number of nitrogens with zero attached hydrogens (tertiary/aromatic N) is 2. The summed E-state index contributed by atoms with van der Waals surface area (Å²) < 4.78 is 15.3. The summed E-state index contributed by atoms with van der Waals surface area (Å²) >= 11 is 0. The molecule has 1 aromatic heterocycles. The van der Waals surface area contributed by atoms with Crippen LogP contribution in [0.25, 0.3) is 17.8 Å². The molecule has 1 saturated carbocycles. The lowest BCUT2D eigenvalue weighted by Crippen LogP contribution is -2.42. The van der Waals surface area contributed by atoms with E-state index in [4.69, 9.17) is 0 Å². The van der Waals surface area contributed by atoms with Crippen LogP contribution in [0.5, 0.6) is 0 Å². The molecule has 0 amide bonds. The first-order valence-corrected chi connectivity index (χ1v) is 11.0. The molecular weight excluding hydrogens is 387 g/mol. The van der Waals surface area contributed by atoms with Gasteiger partial charge in [-0.05, 0) is 78.5 Å². The van der Waals surface area contributed by atoms with E-state index in [1.54, 1.807) is 12.1 Å². The Morgan fingerprint density at radius 3 is 2.71 bits per heavy atom. The van der Waals surface area contributed by atoms with Gasteiger partial charge in [-0.3, -0.25) is 0 Å². The molecule has 0 radical (unpaired) electrons. The number of aromatic nitrogens is 2. The average Bonchev–Trinajstić information content (AvgIpc) is 3.18. The molecule has 3 aromatic rings. The number of benzene rings is 2. The highest BCUT2D eigenvalue weighted by molar-refractivity contribution is 5.61. The van der Waals surface area contributed by atoms with E-state index in [2.05, 4.69) is 18.1 Å². The van der Waals surface area contributed by atoms with Crippen LogP contribution >= 0.6 is 0 Å². The number of aliphatic hydroxyl groups is 1. The topological polar surface area (TPSA) is 38.0 Å². The minimum absolute atomic E-state index is 0.0949. The molecule has 3 atom stereocenters. The zero-order valence-electron chi connectivity index (χ0n) is 17.7. The van der Waals surface area contributed by atoms with Crippen molar-refractivity contribution in [1.82, 2.24) is 9.78 Å². The zero-order chi connectivity index (χ0) is 21.4. The molecule has 0 aliphatic heterocycles. The lowest BCUT2D eigenvalue weighted by molar-refractivity contribution is 0.0535. The molecule has 0 spiro atoms. The summed E-state index contributed by atoms with van der Waals surface area (Å²) in [5, 5.41) is 15.7. The van der Waals surface area contributed by atoms with E-state index in [9.17, 15) is 9.50 Å². The number of rotatable bonds is 4. The molecule has 2 aliphatic rings. The summed E-state index contributed by atoms with van der Waals surface area (Å²) in [6, 6.07) is 16.6. The Hall–Kier alpha value is -2.98. The normalized spacial score (nSPS) is 23.8. The van der Waals surface area contributed by atoms with Crippen LogP contribution in [0, 0.1) is 17.2 Å². The average molecular weight is 415 g/mol. The summed E-state index contributed by atoms with van der Waals surface area (Å²) in [5.74, 6) is -0.0850. The molecule has 1 unspecified atom stereocenters. The number of fused-ring (bicyclic) bond motifs is 2. The predicted molar refractivity (Wildman–Crippen MR) is 122 cm³/mol. The van der Waals surface area contributed by atoms with Gasteiger partial charge in [0.15, 0.2) is 0 Å². The minimum Gasteiger partial charge on any atom is -0.389 e. The number of hydrogen-bond donors (Lipinski definition) is 1. The van der Waals surface area contributed by atoms with E-state index in [1.165, 1.54) is 23.3 Å². The van der Waals surface area contributed by atoms with Crippen LogP contribution in [-0.4, -0.2) is 21.0 Å². The van der Waals surface area contributed by atoms with E-state index < -0.39 is 6.10 Å². The van der Waals surface area contributed by atoms with Crippen molar-refractivity contribution in [2.24, 2.45) is 11.3 Å². The maximum atomic E-state index is 13.4. The Labute approximate surface area is 182 Å². The molecule has 1 heterocycles. The van der Waals surface area contributed by atoms with Gasteiger partial charge in [-0.2, -0.15) is 5.10 Å². The molecule has 0 bridgehead atoms. The number of hydrogen-bond acceptors (Lipinski definition) is 2. The molecule has 5 rings (SSSR count). The molecule has 1 N–H and O–H groups in total. The van der Waals surface area contributed by atoms with Gasteiger partial charge >= 0.3 is 0 Å². The fraction of sp³-hybridized carbons (Fsp3) is 0.296. The molecular formula is C27H27FN2O. The molecule has 0 saturated heterocycles. The SMILES string of the molecule is C[C@]12Cc3cnn(-c4ccc(F)cc4)c3C=C1CCCC2[C@@H](O)/C=C\c1ccccc1.